The van der Waals surface area contributed by atoms with E-state index in [1.807, 2.05) is 0 Å². The summed E-state index contributed by atoms with van der Waals surface area (Å²) in [6, 6.07) is 11.7. The molecule has 0 saturated carbocycles. The molecule has 0 fully saturated rings. The molecular formula is C17H13Cl2N3O4. The van der Waals surface area contributed by atoms with Crippen LogP contribution in [0, 0.1) is 0 Å². The molecule has 9 heteroatoms. The van der Waals surface area contributed by atoms with E-state index in [0.29, 0.717) is 27.1 Å². The van der Waals surface area contributed by atoms with Crippen molar-refractivity contribution < 1.29 is 18.7 Å². The molecule has 0 aliphatic carbocycles. The van der Waals surface area contributed by atoms with Crippen LogP contribution in [0.1, 0.15) is 0 Å². The summed E-state index contributed by atoms with van der Waals surface area (Å²) in [7, 11) is 1.55. The molecule has 0 atom stereocenters. The zero-order valence-corrected chi connectivity index (χ0v) is 15.0. The van der Waals surface area contributed by atoms with Gasteiger partial charge in [0.15, 0.2) is 6.61 Å². The number of carbonyl (C=O) groups is 1. The fourth-order valence-corrected chi connectivity index (χ4v) is 2.59. The van der Waals surface area contributed by atoms with Gasteiger partial charge in [-0.2, -0.15) is 0 Å². The number of nitrogens with zero attached hydrogens (tertiary/aromatic N) is 2. The Morgan fingerprint density at radius 1 is 1.12 bits per heavy atom. The minimum absolute atomic E-state index is 0.0599. The van der Waals surface area contributed by atoms with E-state index in [-0.39, 0.29) is 18.5 Å². The summed E-state index contributed by atoms with van der Waals surface area (Å²) >= 11 is 11.9. The first-order valence-electron chi connectivity index (χ1n) is 7.40. The Morgan fingerprint density at radius 3 is 2.58 bits per heavy atom. The second-order valence-electron chi connectivity index (χ2n) is 5.09. The Bertz CT molecular complexity index is 910. The standard InChI is InChI=1S/C17H13Cl2N3O4/c1-24-13-3-2-4-14(8-13)25-9-15(23)20-17-22-21-16(26-17)10-5-11(18)7-12(19)6-10/h2-8H,9H2,1H3,(H,20,22,23). The summed E-state index contributed by atoms with van der Waals surface area (Å²) in [5.41, 5.74) is 0.545. The van der Waals surface area contributed by atoms with Crippen LogP contribution in [0.2, 0.25) is 10.0 Å². The number of rotatable bonds is 6. The minimum atomic E-state index is -0.452. The van der Waals surface area contributed by atoms with Gasteiger partial charge in [0.05, 0.1) is 7.11 Å². The van der Waals surface area contributed by atoms with Gasteiger partial charge in [0.2, 0.25) is 5.89 Å². The predicted octanol–water partition coefficient (Wildman–Crippen LogP) is 4.07. The molecule has 0 radical (unpaired) electrons. The Morgan fingerprint density at radius 2 is 1.85 bits per heavy atom. The highest BCUT2D eigenvalue weighted by Crippen LogP contribution is 2.27. The predicted molar refractivity (Wildman–Crippen MR) is 96.9 cm³/mol. The lowest BCUT2D eigenvalue weighted by molar-refractivity contribution is -0.118. The molecule has 1 heterocycles. The second-order valence-corrected chi connectivity index (χ2v) is 5.96. The summed E-state index contributed by atoms with van der Waals surface area (Å²) in [6.07, 6.45) is 0. The largest absolute Gasteiger partial charge is 0.497 e. The smallest absolute Gasteiger partial charge is 0.322 e. The van der Waals surface area contributed by atoms with Crippen molar-refractivity contribution in [1.29, 1.82) is 0 Å². The van der Waals surface area contributed by atoms with Gasteiger partial charge in [0.1, 0.15) is 11.5 Å². The van der Waals surface area contributed by atoms with Crippen molar-refractivity contribution in [3.63, 3.8) is 0 Å². The van der Waals surface area contributed by atoms with Gasteiger partial charge in [0, 0.05) is 21.7 Å². The number of methoxy groups -OCH3 is 1. The molecule has 26 heavy (non-hydrogen) atoms. The molecule has 0 aliphatic heterocycles. The highest BCUT2D eigenvalue weighted by atomic mass is 35.5. The number of benzene rings is 2. The Labute approximate surface area is 158 Å². The first-order valence-corrected chi connectivity index (χ1v) is 8.16. The molecule has 0 saturated heterocycles. The molecule has 2 aromatic carbocycles. The zero-order valence-electron chi connectivity index (χ0n) is 13.5. The molecule has 0 spiro atoms. The molecular weight excluding hydrogens is 381 g/mol. The fraction of sp³-hybridized carbons (Fsp3) is 0.118. The number of amides is 1. The molecule has 1 aromatic heterocycles. The zero-order chi connectivity index (χ0) is 18.5. The topological polar surface area (TPSA) is 86.5 Å². The van der Waals surface area contributed by atoms with Crippen LogP contribution in [-0.2, 0) is 4.79 Å². The monoisotopic (exact) mass is 393 g/mol. The maximum Gasteiger partial charge on any atom is 0.322 e. The number of nitrogens with one attached hydrogen (secondary N) is 1. The summed E-state index contributed by atoms with van der Waals surface area (Å²) in [6.45, 7) is -0.228. The van der Waals surface area contributed by atoms with Crippen molar-refractivity contribution >= 4 is 35.1 Å². The third-order valence-electron chi connectivity index (χ3n) is 3.19. The SMILES string of the molecule is COc1cccc(OCC(=O)Nc2nnc(-c3cc(Cl)cc(Cl)c3)o2)c1. The van der Waals surface area contributed by atoms with Gasteiger partial charge in [-0.15, -0.1) is 5.10 Å². The lowest BCUT2D eigenvalue weighted by atomic mass is 10.2. The van der Waals surface area contributed by atoms with Gasteiger partial charge in [-0.3, -0.25) is 10.1 Å². The van der Waals surface area contributed by atoms with Crippen LogP contribution < -0.4 is 14.8 Å². The minimum Gasteiger partial charge on any atom is -0.497 e. The number of hydrogen-bond acceptors (Lipinski definition) is 6. The molecule has 3 rings (SSSR count). The first kappa shape index (κ1) is 18.0. The lowest BCUT2D eigenvalue weighted by Crippen LogP contribution is -2.20. The fourth-order valence-electron chi connectivity index (χ4n) is 2.06. The Balaban J connectivity index is 1.60. The number of aromatic nitrogens is 2. The van der Waals surface area contributed by atoms with Crippen molar-refractivity contribution in [3.8, 4) is 23.0 Å². The van der Waals surface area contributed by atoms with E-state index in [1.54, 1.807) is 49.6 Å². The van der Waals surface area contributed by atoms with Gasteiger partial charge in [-0.05, 0) is 30.3 Å². The van der Waals surface area contributed by atoms with Crippen molar-refractivity contribution in [3.05, 3.63) is 52.5 Å². The molecule has 0 unspecified atom stereocenters. The van der Waals surface area contributed by atoms with Gasteiger partial charge in [-0.25, -0.2) is 0 Å². The Hall–Kier alpha value is -2.77. The van der Waals surface area contributed by atoms with E-state index in [4.69, 9.17) is 37.1 Å². The van der Waals surface area contributed by atoms with E-state index in [9.17, 15) is 4.79 Å². The molecule has 3 aromatic rings. The van der Waals surface area contributed by atoms with E-state index in [1.165, 1.54) is 0 Å². The second kappa shape index (κ2) is 8.07. The highest BCUT2D eigenvalue weighted by Gasteiger charge is 2.13. The summed E-state index contributed by atoms with van der Waals surface area (Å²) in [5, 5.41) is 10.9. The Kier molecular flexibility index (Phi) is 5.60. The average molecular weight is 394 g/mol. The molecule has 1 N–H and O–H groups in total. The van der Waals surface area contributed by atoms with Gasteiger partial charge >= 0.3 is 6.01 Å². The maximum atomic E-state index is 12.0. The van der Waals surface area contributed by atoms with Gasteiger partial charge < -0.3 is 13.9 Å². The van der Waals surface area contributed by atoms with Crippen molar-refractivity contribution in [1.82, 2.24) is 10.2 Å². The lowest BCUT2D eigenvalue weighted by Gasteiger charge is -2.06. The van der Waals surface area contributed by atoms with Gasteiger partial charge in [0.25, 0.3) is 5.91 Å². The van der Waals surface area contributed by atoms with Crippen molar-refractivity contribution in [2.24, 2.45) is 0 Å². The van der Waals surface area contributed by atoms with E-state index in [0.717, 1.165) is 0 Å². The summed E-state index contributed by atoms with van der Waals surface area (Å²) in [5.74, 6) is 0.856. The molecule has 134 valence electrons. The van der Waals surface area contributed by atoms with E-state index >= 15 is 0 Å². The highest BCUT2D eigenvalue weighted by molar-refractivity contribution is 6.35. The molecule has 0 bridgehead atoms. The van der Waals surface area contributed by atoms with Crippen LogP contribution in [0.5, 0.6) is 11.5 Å². The number of ether oxygens (including phenoxy) is 2. The molecule has 7 nitrogen and oxygen atoms in total. The number of carbonyl (C=O) groups excluding carboxylic acids is 1. The van der Waals surface area contributed by atoms with E-state index in [2.05, 4.69) is 15.5 Å². The van der Waals surface area contributed by atoms with Crippen LogP contribution in [0.25, 0.3) is 11.5 Å². The van der Waals surface area contributed by atoms with Gasteiger partial charge in [-0.1, -0.05) is 34.4 Å². The van der Waals surface area contributed by atoms with Crippen LogP contribution in [0.4, 0.5) is 6.01 Å². The third-order valence-corrected chi connectivity index (χ3v) is 3.63. The van der Waals surface area contributed by atoms with Crippen LogP contribution in [0.3, 0.4) is 0 Å². The normalized spacial score (nSPS) is 10.4. The first-order chi connectivity index (χ1) is 12.5. The summed E-state index contributed by atoms with van der Waals surface area (Å²) in [4.78, 5) is 12.0. The van der Waals surface area contributed by atoms with Crippen molar-refractivity contribution in [2.45, 2.75) is 0 Å². The molecule has 1 amide bonds. The number of hydrogen-bond donors (Lipinski definition) is 1. The van der Waals surface area contributed by atoms with Crippen LogP contribution >= 0.6 is 23.2 Å². The number of halogens is 2. The third kappa shape index (κ3) is 4.65. The van der Waals surface area contributed by atoms with Crippen molar-refractivity contribution in [2.75, 3.05) is 19.0 Å². The van der Waals surface area contributed by atoms with Crippen LogP contribution in [0.15, 0.2) is 46.9 Å². The summed E-state index contributed by atoms with van der Waals surface area (Å²) < 4.78 is 15.9. The van der Waals surface area contributed by atoms with E-state index < -0.39 is 5.91 Å². The maximum absolute atomic E-state index is 12.0. The quantitative estimate of drug-likeness (QED) is 0.678. The van der Waals surface area contributed by atoms with Crippen LogP contribution in [-0.4, -0.2) is 29.8 Å². The average Bonchev–Trinajstić information content (AvgIpc) is 3.08. The molecule has 0 aliphatic rings. The number of anilines is 1.